The van der Waals surface area contributed by atoms with Gasteiger partial charge >= 0.3 is 0 Å². The highest BCUT2D eigenvalue weighted by Gasteiger charge is 2.06. The zero-order valence-electron chi connectivity index (χ0n) is 8.97. The molecule has 0 aromatic carbocycles. The van der Waals surface area contributed by atoms with Crippen LogP contribution < -0.4 is 11.3 Å². The van der Waals surface area contributed by atoms with Gasteiger partial charge < -0.3 is 5.73 Å². The Labute approximate surface area is 112 Å². The molecule has 0 saturated carbocycles. The van der Waals surface area contributed by atoms with Gasteiger partial charge in [0.2, 0.25) is 0 Å². The maximum atomic E-state index is 11.8. The summed E-state index contributed by atoms with van der Waals surface area (Å²) in [7, 11) is 0. The predicted molar refractivity (Wildman–Crippen MR) is 74.5 cm³/mol. The summed E-state index contributed by atoms with van der Waals surface area (Å²) in [5, 5.41) is 9.02. The fourth-order valence-electron chi connectivity index (χ4n) is 1.33. The van der Waals surface area contributed by atoms with Crippen LogP contribution in [0.1, 0.15) is 11.4 Å². The van der Waals surface area contributed by atoms with E-state index >= 15 is 0 Å². The van der Waals surface area contributed by atoms with E-state index in [1.807, 2.05) is 12.3 Å². The van der Waals surface area contributed by atoms with Crippen LogP contribution in [0.4, 0.5) is 0 Å². The Morgan fingerprint density at radius 1 is 1.71 bits per heavy atom. The Balaban J connectivity index is 0.00000144. The highest BCUT2D eigenvalue weighted by molar-refractivity contribution is 8.13. The average molecular weight is 291 g/mol. The summed E-state index contributed by atoms with van der Waals surface area (Å²) in [6, 6.07) is 1.49. The van der Waals surface area contributed by atoms with Crippen LogP contribution in [-0.2, 0) is 5.75 Å². The first-order chi connectivity index (χ1) is 7.58. The van der Waals surface area contributed by atoms with Crippen molar-refractivity contribution in [3.8, 4) is 0 Å². The van der Waals surface area contributed by atoms with Crippen molar-refractivity contribution in [2.45, 2.75) is 12.7 Å². The number of amidine groups is 1. The molecule has 0 unspecified atom stereocenters. The Morgan fingerprint density at radius 3 is 3.06 bits per heavy atom. The summed E-state index contributed by atoms with van der Waals surface area (Å²) in [5.41, 5.74) is 6.70. The molecule has 0 atom stereocenters. The molecule has 17 heavy (non-hydrogen) atoms. The first-order valence-corrected chi connectivity index (χ1v) is 6.38. The second kappa shape index (κ2) is 5.52. The number of thioether (sulfide) groups is 1. The summed E-state index contributed by atoms with van der Waals surface area (Å²) in [4.78, 5) is 16.8. The smallest absolute Gasteiger partial charge is 0.258 e. The largest absolute Gasteiger partial charge is 0.379 e. The molecule has 2 aromatic heterocycles. The Bertz CT molecular complexity index is 607. The molecular formula is C9H11ClN4OS2. The minimum absolute atomic E-state index is 0. The summed E-state index contributed by atoms with van der Waals surface area (Å²) in [6.45, 7) is 1.87. The van der Waals surface area contributed by atoms with E-state index in [1.54, 1.807) is 4.40 Å². The lowest BCUT2D eigenvalue weighted by molar-refractivity contribution is 0.998. The van der Waals surface area contributed by atoms with Crippen molar-refractivity contribution in [2.24, 2.45) is 5.73 Å². The topological polar surface area (TPSA) is 84.2 Å². The number of thiazole rings is 1. The molecule has 2 rings (SSSR count). The highest BCUT2D eigenvalue weighted by Crippen LogP contribution is 2.14. The first kappa shape index (κ1) is 14.0. The van der Waals surface area contributed by atoms with Crippen LogP contribution in [0.25, 0.3) is 4.96 Å². The molecule has 5 nitrogen and oxygen atoms in total. The maximum absolute atomic E-state index is 11.8. The van der Waals surface area contributed by atoms with E-state index in [9.17, 15) is 4.79 Å². The molecule has 0 spiro atoms. The van der Waals surface area contributed by atoms with Crippen molar-refractivity contribution in [3.63, 3.8) is 0 Å². The third kappa shape index (κ3) is 2.99. The Hall–Kier alpha value is -1.05. The van der Waals surface area contributed by atoms with Crippen LogP contribution >= 0.6 is 35.5 Å². The van der Waals surface area contributed by atoms with E-state index in [0.29, 0.717) is 16.4 Å². The van der Waals surface area contributed by atoms with Gasteiger partial charge in [-0.25, -0.2) is 4.98 Å². The van der Waals surface area contributed by atoms with Crippen LogP contribution in [0.5, 0.6) is 0 Å². The number of aromatic nitrogens is 2. The molecule has 0 amide bonds. The molecule has 0 radical (unpaired) electrons. The van der Waals surface area contributed by atoms with Crippen LogP contribution in [-0.4, -0.2) is 14.6 Å². The Morgan fingerprint density at radius 2 is 2.41 bits per heavy atom. The van der Waals surface area contributed by atoms with Crippen LogP contribution in [0.3, 0.4) is 0 Å². The summed E-state index contributed by atoms with van der Waals surface area (Å²) >= 11 is 2.60. The van der Waals surface area contributed by atoms with Crippen LogP contribution in [0.15, 0.2) is 16.2 Å². The van der Waals surface area contributed by atoms with Crippen molar-refractivity contribution < 1.29 is 0 Å². The van der Waals surface area contributed by atoms with Crippen molar-refractivity contribution in [3.05, 3.63) is 33.2 Å². The van der Waals surface area contributed by atoms with Gasteiger partial charge in [-0.3, -0.25) is 14.6 Å². The predicted octanol–water partition coefficient (Wildman–Crippen LogP) is 1.61. The molecule has 0 aliphatic carbocycles. The molecule has 0 aliphatic rings. The second-order valence-electron chi connectivity index (χ2n) is 3.23. The van der Waals surface area contributed by atoms with E-state index in [-0.39, 0.29) is 23.1 Å². The number of fused-ring (bicyclic) bond motifs is 1. The van der Waals surface area contributed by atoms with Gasteiger partial charge in [0.15, 0.2) is 10.1 Å². The molecule has 2 aromatic rings. The van der Waals surface area contributed by atoms with Gasteiger partial charge in [0.25, 0.3) is 5.56 Å². The minimum Gasteiger partial charge on any atom is -0.379 e. The van der Waals surface area contributed by atoms with E-state index in [2.05, 4.69) is 4.98 Å². The third-order valence-corrected chi connectivity index (χ3v) is 3.70. The lowest BCUT2D eigenvalue weighted by Gasteiger charge is -2.00. The van der Waals surface area contributed by atoms with Crippen LogP contribution in [0, 0.1) is 12.3 Å². The monoisotopic (exact) mass is 290 g/mol. The molecule has 2 heterocycles. The molecule has 3 N–H and O–H groups in total. The van der Waals surface area contributed by atoms with Gasteiger partial charge in [-0.15, -0.1) is 23.7 Å². The first-order valence-electron chi connectivity index (χ1n) is 4.51. The van der Waals surface area contributed by atoms with E-state index in [4.69, 9.17) is 11.1 Å². The number of hydrogen-bond donors (Lipinski definition) is 2. The molecule has 0 fully saturated rings. The van der Waals surface area contributed by atoms with Crippen molar-refractivity contribution in [1.29, 1.82) is 5.41 Å². The molecule has 0 aliphatic heterocycles. The maximum Gasteiger partial charge on any atom is 0.258 e. The lowest BCUT2D eigenvalue weighted by Crippen LogP contribution is -2.15. The van der Waals surface area contributed by atoms with E-state index < -0.39 is 0 Å². The fourth-order valence-corrected chi connectivity index (χ4v) is 2.67. The van der Waals surface area contributed by atoms with Crippen LogP contribution in [0.2, 0.25) is 0 Å². The van der Waals surface area contributed by atoms with E-state index in [1.165, 1.54) is 17.4 Å². The zero-order chi connectivity index (χ0) is 11.7. The molecule has 0 bridgehead atoms. The van der Waals surface area contributed by atoms with Gasteiger partial charge in [0.1, 0.15) is 0 Å². The highest BCUT2D eigenvalue weighted by atomic mass is 35.5. The molecule has 8 heteroatoms. The quantitative estimate of drug-likeness (QED) is 0.650. The Kier molecular flexibility index (Phi) is 4.55. The number of aryl methyl sites for hydroxylation is 1. The van der Waals surface area contributed by atoms with Gasteiger partial charge in [-0.05, 0) is 6.92 Å². The number of halogens is 1. The second-order valence-corrected chi connectivity index (χ2v) is 5.09. The van der Waals surface area contributed by atoms with Crippen molar-refractivity contribution >= 4 is 45.6 Å². The van der Waals surface area contributed by atoms with Crippen molar-refractivity contribution in [2.75, 3.05) is 0 Å². The SMILES string of the molecule is Cc1csc2nc(CSC(=N)N)cc(=O)n12.Cl. The van der Waals surface area contributed by atoms with Gasteiger partial charge in [-0.2, -0.15) is 0 Å². The summed E-state index contributed by atoms with van der Waals surface area (Å²) in [6.07, 6.45) is 0. The van der Waals surface area contributed by atoms with Gasteiger partial charge in [-0.1, -0.05) is 11.8 Å². The van der Waals surface area contributed by atoms with E-state index in [0.717, 1.165) is 17.5 Å². The normalized spacial score (nSPS) is 10.2. The number of nitrogens with one attached hydrogen (secondary N) is 1. The fraction of sp³-hybridized carbons (Fsp3) is 0.222. The number of rotatable bonds is 2. The lowest BCUT2D eigenvalue weighted by atomic mass is 10.4. The average Bonchev–Trinajstić information content (AvgIpc) is 2.58. The number of hydrogen-bond acceptors (Lipinski definition) is 5. The third-order valence-electron chi connectivity index (χ3n) is 2.00. The number of nitrogens with two attached hydrogens (primary N) is 1. The standard InChI is InChI=1S/C9H10N4OS2.ClH/c1-5-3-16-9-12-6(4-15-8(10)11)2-7(14)13(5)9;/h2-3H,4H2,1H3,(H3,10,11);1H. The molecular weight excluding hydrogens is 280 g/mol. The molecule has 0 saturated heterocycles. The van der Waals surface area contributed by atoms with Crippen molar-refractivity contribution in [1.82, 2.24) is 9.38 Å². The summed E-state index contributed by atoms with van der Waals surface area (Å²) < 4.78 is 1.58. The number of nitrogens with zero attached hydrogens (tertiary/aromatic N) is 2. The summed E-state index contributed by atoms with van der Waals surface area (Å²) in [5.74, 6) is 0.456. The van der Waals surface area contributed by atoms with Gasteiger partial charge in [0.05, 0.1) is 5.69 Å². The minimum atomic E-state index is -0.0806. The zero-order valence-corrected chi connectivity index (χ0v) is 11.4. The molecule has 92 valence electrons. The van der Waals surface area contributed by atoms with Gasteiger partial charge in [0, 0.05) is 22.9 Å².